The minimum atomic E-state index is -0.0926. The van der Waals surface area contributed by atoms with Gasteiger partial charge in [-0.1, -0.05) is 34.5 Å². The van der Waals surface area contributed by atoms with Gasteiger partial charge in [-0.25, -0.2) is 0 Å². The molecule has 1 aliphatic heterocycles. The Kier molecular flexibility index (Phi) is 5.25. The van der Waals surface area contributed by atoms with Crippen molar-refractivity contribution < 1.29 is 9.53 Å². The first kappa shape index (κ1) is 14.8. The fraction of sp³-hybridized carbons (Fsp3) is 0.500. The summed E-state index contributed by atoms with van der Waals surface area (Å²) in [4.78, 5) is 12.1. The molecule has 3 nitrogen and oxygen atoms in total. The van der Waals surface area contributed by atoms with E-state index in [1.54, 1.807) is 18.2 Å². The molecule has 2 rings (SSSR count). The lowest BCUT2D eigenvalue weighted by Gasteiger charge is -2.17. The van der Waals surface area contributed by atoms with Gasteiger partial charge in [-0.15, -0.1) is 0 Å². The van der Waals surface area contributed by atoms with Crippen LogP contribution in [-0.4, -0.2) is 25.2 Å². The fourth-order valence-corrected chi connectivity index (χ4v) is 3.25. The van der Waals surface area contributed by atoms with Crippen LogP contribution in [0.4, 0.5) is 0 Å². The largest absolute Gasteiger partial charge is 0.378 e. The smallest absolute Gasteiger partial charge is 0.251 e. The third-order valence-corrected chi connectivity index (χ3v) is 4.07. The van der Waals surface area contributed by atoms with E-state index in [-0.39, 0.29) is 12.0 Å². The number of halogens is 2. The Balaban J connectivity index is 1.94. The lowest BCUT2D eigenvalue weighted by molar-refractivity contribution is 0.0827. The Morgan fingerprint density at radius 2 is 2.32 bits per heavy atom. The summed E-state index contributed by atoms with van der Waals surface area (Å²) in [5.41, 5.74) is 0.575. The second kappa shape index (κ2) is 6.73. The Labute approximate surface area is 126 Å². The molecule has 0 radical (unpaired) electrons. The average Bonchev–Trinajstić information content (AvgIpc) is 2.82. The van der Waals surface area contributed by atoms with E-state index in [0.717, 1.165) is 23.9 Å². The third-order valence-electron chi connectivity index (χ3n) is 3.40. The van der Waals surface area contributed by atoms with Crippen molar-refractivity contribution in [1.29, 1.82) is 0 Å². The summed E-state index contributed by atoms with van der Waals surface area (Å²) in [6.45, 7) is 3.56. The lowest BCUT2D eigenvalue weighted by atomic mass is 9.99. The number of benzene rings is 1. The highest BCUT2D eigenvalue weighted by molar-refractivity contribution is 9.10. The van der Waals surface area contributed by atoms with E-state index in [1.807, 2.05) is 0 Å². The number of hydrogen-bond donors (Lipinski definition) is 1. The molecular weight excluding hydrogens is 330 g/mol. The molecule has 1 aromatic rings. The highest BCUT2D eigenvalue weighted by Crippen LogP contribution is 2.23. The second-order valence-electron chi connectivity index (χ2n) is 4.73. The van der Waals surface area contributed by atoms with E-state index in [4.69, 9.17) is 16.3 Å². The highest BCUT2D eigenvalue weighted by Gasteiger charge is 2.26. The summed E-state index contributed by atoms with van der Waals surface area (Å²) >= 11 is 9.27. The van der Waals surface area contributed by atoms with Crippen molar-refractivity contribution in [1.82, 2.24) is 5.32 Å². The molecule has 19 heavy (non-hydrogen) atoms. The van der Waals surface area contributed by atoms with Crippen molar-refractivity contribution in [3.63, 3.8) is 0 Å². The lowest BCUT2D eigenvalue weighted by Crippen LogP contribution is -2.32. The van der Waals surface area contributed by atoms with Crippen LogP contribution in [-0.2, 0) is 4.74 Å². The van der Waals surface area contributed by atoms with Crippen LogP contribution < -0.4 is 5.32 Å². The molecule has 5 heteroatoms. The maximum Gasteiger partial charge on any atom is 0.251 e. The van der Waals surface area contributed by atoms with Gasteiger partial charge < -0.3 is 10.1 Å². The molecule has 1 aromatic carbocycles. The van der Waals surface area contributed by atoms with E-state index in [2.05, 4.69) is 28.2 Å². The molecule has 1 saturated heterocycles. The van der Waals surface area contributed by atoms with Gasteiger partial charge in [0.15, 0.2) is 0 Å². The Morgan fingerprint density at radius 1 is 1.53 bits per heavy atom. The van der Waals surface area contributed by atoms with Crippen LogP contribution in [0.3, 0.4) is 0 Å². The number of hydrogen-bond acceptors (Lipinski definition) is 2. The van der Waals surface area contributed by atoms with E-state index in [9.17, 15) is 4.79 Å². The average molecular weight is 347 g/mol. The van der Waals surface area contributed by atoms with Crippen LogP contribution in [0.15, 0.2) is 22.7 Å². The van der Waals surface area contributed by atoms with Crippen molar-refractivity contribution in [3.8, 4) is 0 Å². The van der Waals surface area contributed by atoms with Crippen LogP contribution >= 0.6 is 27.5 Å². The number of carbonyl (C=O) groups is 1. The first-order valence-corrected chi connectivity index (χ1v) is 7.63. The summed E-state index contributed by atoms with van der Waals surface area (Å²) in [6.07, 6.45) is 2.27. The number of carbonyl (C=O) groups excluding carboxylic acids is 1. The molecule has 0 bridgehead atoms. The molecular formula is C14H17BrClNO2. The zero-order chi connectivity index (χ0) is 13.8. The van der Waals surface area contributed by atoms with E-state index < -0.39 is 0 Å². The summed E-state index contributed by atoms with van der Waals surface area (Å²) in [5, 5.41) is 3.51. The molecule has 0 saturated carbocycles. The van der Waals surface area contributed by atoms with Crippen molar-refractivity contribution >= 4 is 33.4 Å². The third kappa shape index (κ3) is 3.94. The summed E-state index contributed by atoms with van der Waals surface area (Å²) < 4.78 is 6.42. The van der Waals surface area contributed by atoms with Crippen LogP contribution in [0.25, 0.3) is 0 Å². The monoisotopic (exact) mass is 345 g/mol. The summed E-state index contributed by atoms with van der Waals surface area (Å²) in [6, 6.07) is 5.20. The SMILES string of the molecule is CCC1OCCC1CNC(=O)c1cc(Cl)cc(Br)c1. The molecule has 0 aromatic heterocycles. The van der Waals surface area contributed by atoms with Gasteiger partial charge in [-0.2, -0.15) is 0 Å². The van der Waals surface area contributed by atoms with Gasteiger partial charge in [0.25, 0.3) is 5.91 Å². The second-order valence-corrected chi connectivity index (χ2v) is 6.09. The van der Waals surface area contributed by atoms with Crippen LogP contribution in [0, 0.1) is 5.92 Å². The normalized spacial score (nSPS) is 22.5. The van der Waals surface area contributed by atoms with E-state index in [1.165, 1.54) is 0 Å². The number of nitrogens with one attached hydrogen (secondary N) is 1. The van der Waals surface area contributed by atoms with Gasteiger partial charge >= 0.3 is 0 Å². The zero-order valence-corrected chi connectivity index (χ0v) is 13.1. The van der Waals surface area contributed by atoms with Crippen molar-refractivity contribution in [3.05, 3.63) is 33.3 Å². The van der Waals surface area contributed by atoms with Gasteiger partial charge in [0.05, 0.1) is 6.10 Å². The van der Waals surface area contributed by atoms with Gasteiger partial charge in [0.2, 0.25) is 0 Å². The van der Waals surface area contributed by atoms with Gasteiger partial charge in [-0.05, 0) is 31.0 Å². The van der Waals surface area contributed by atoms with Crippen LogP contribution in [0.1, 0.15) is 30.1 Å². The molecule has 2 atom stereocenters. The Bertz CT molecular complexity index is 447. The highest BCUT2D eigenvalue weighted by atomic mass is 79.9. The molecule has 0 spiro atoms. The fourth-order valence-electron chi connectivity index (χ4n) is 2.39. The van der Waals surface area contributed by atoms with Crippen molar-refractivity contribution in [2.45, 2.75) is 25.9 Å². The Morgan fingerprint density at radius 3 is 3.00 bits per heavy atom. The maximum absolute atomic E-state index is 12.1. The van der Waals surface area contributed by atoms with E-state index in [0.29, 0.717) is 23.0 Å². The quantitative estimate of drug-likeness (QED) is 0.904. The standard InChI is InChI=1S/C14H17BrClNO2/c1-2-13-9(3-4-19-13)8-17-14(18)10-5-11(15)7-12(16)6-10/h5-7,9,13H,2-4,8H2,1H3,(H,17,18). The van der Waals surface area contributed by atoms with Gasteiger partial charge in [0, 0.05) is 34.1 Å². The van der Waals surface area contributed by atoms with Crippen molar-refractivity contribution in [2.75, 3.05) is 13.2 Å². The predicted octanol–water partition coefficient (Wildman–Crippen LogP) is 3.65. The maximum atomic E-state index is 12.1. The molecule has 1 aliphatic rings. The number of rotatable bonds is 4. The predicted molar refractivity (Wildman–Crippen MR) is 79.6 cm³/mol. The first-order valence-electron chi connectivity index (χ1n) is 6.46. The number of ether oxygens (including phenoxy) is 1. The molecule has 1 N–H and O–H groups in total. The summed E-state index contributed by atoms with van der Waals surface area (Å²) in [5.74, 6) is 0.321. The molecule has 2 unspecified atom stereocenters. The van der Waals surface area contributed by atoms with E-state index >= 15 is 0 Å². The topological polar surface area (TPSA) is 38.3 Å². The molecule has 0 aliphatic carbocycles. The molecule has 104 valence electrons. The van der Waals surface area contributed by atoms with Gasteiger partial charge in [0.1, 0.15) is 0 Å². The minimum absolute atomic E-state index is 0.0926. The van der Waals surface area contributed by atoms with Gasteiger partial charge in [-0.3, -0.25) is 4.79 Å². The molecule has 1 fully saturated rings. The first-order chi connectivity index (χ1) is 9.10. The molecule has 1 amide bonds. The summed E-state index contributed by atoms with van der Waals surface area (Å²) in [7, 11) is 0. The minimum Gasteiger partial charge on any atom is -0.378 e. The Hall–Kier alpha value is -0.580. The number of amides is 1. The van der Waals surface area contributed by atoms with Crippen LogP contribution in [0.2, 0.25) is 5.02 Å². The van der Waals surface area contributed by atoms with Crippen LogP contribution in [0.5, 0.6) is 0 Å². The zero-order valence-electron chi connectivity index (χ0n) is 10.8. The van der Waals surface area contributed by atoms with Crippen molar-refractivity contribution in [2.24, 2.45) is 5.92 Å². The molecule has 1 heterocycles.